The quantitative estimate of drug-likeness (QED) is 0.670. The third-order valence-electron chi connectivity index (χ3n) is 4.57. The molecule has 3 atom stereocenters. The first-order valence-corrected chi connectivity index (χ1v) is 8.31. The second-order valence-corrected chi connectivity index (χ2v) is 6.47. The van der Waals surface area contributed by atoms with Crippen molar-refractivity contribution in [3.8, 4) is 0 Å². The molecule has 0 bridgehead atoms. The average Bonchev–Trinajstić information content (AvgIpc) is 3.00. The van der Waals surface area contributed by atoms with Crippen LogP contribution in [0.25, 0.3) is 0 Å². The molecule has 1 fully saturated rings. The van der Waals surface area contributed by atoms with Gasteiger partial charge in [0, 0.05) is 12.3 Å². The number of nitrogens with two attached hydrogens (primary N) is 1. The molecule has 2 amide bonds. The highest BCUT2D eigenvalue weighted by Gasteiger charge is 2.32. The number of benzene rings is 1. The Kier molecular flexibility index (Phi) is 6.35. The topological polar surface area (TPSA) is 109 Å². The lowest BCUT2D eigenvalue weighted by atomic mass is 9.96. The van der Waals surface area contributed by atoms with Crippen molar-refractivity contribution in [3.05, 3.63) is 35.9 Å². The molecule has 0 spiro atoms. The van der Waals surface area contributed by atoms with Crippen LogP contribution in [-0.2, 0) is 20.8 Å². The van der Waals surface area contributed by atoms with Gasteiger partial charge in [0.25, 0.3) is 0 Å². The summed E-state index contributed by atoms with van der Waals surface area (Å²) < 4.78 is 0. The van der Waals surface area contributed by atoms with Crippen LogP contribution in [0.1, 0.15) is 37.7 Å². The Morgan fingerprint density at radius 1 is 1.21 bits per heavy atom. The van der Waals surface area contributed by atoms with Gasteiger partial charge in [0.05, 0.1) is 0 Å². The standard InChI is InChI=1S/C18H24N2O4/c19-16(21)9-8-15(18(23)24)20-17(22)14-7-6-13(11-14)10-12-4-2-1-3-5-12/h1-5,13-15H,6-11H2,(H2,19,21)(H,20,22)(H,23,24)/t13-,14+,15-/m0/s1. The second kappa shape index (κ2) is 8.47. The van der Waals surface area contributed by atoms with E-state index in [0.717, 1.165) is 25.7 Å². The minimum atomic E-state index is -1.14. The number of carbonyl (C=O) groups is 3. The molecule has 130 valence electrons. The highest BCUT2D eigenvalue weighted by Crippen LogP contribution is 2.33. The van der Waals surface area contributed by atoms with E-state index in [1.165, 1.54) is 5.56 Å². The molecule has 1 aliphatic carbocycles. The molecule has 1 aliphatic rings. The molecular formula is C18H24N2O4. The third-order valence-corrected chi connectivity index (χ3v) is 4.57. The van der Waals surface area contributed by atoms with E-state index in [1.54, 1.807) is 0 Å². The third kappa shape index (κ3) is 5.37. The van der Waals surface area contributed by atoms with Crippen molar-refractivity contribution in [1.29, 1.82) is 0 Å². The number of aliphatic carboxylic acids is 1. The summed E-state index contributed by atoms with van der Waals surface area (Å²) in [5.41, 5.74) is 6.30. The molecule has 1 aromatic carbocycles. The molecule has 24 heavy (non-hydrogen) atoms. The average molecular weight is 332 g/mol. The van der Waals surface area contributed by atoms with Crippen LogP contribution in [0, 0.1) is 11.8 Å². The van der Waals surface area contributed by atoms with Gasteiger partial charge in [0.2, 0.25) is 11.8 Å². The maximum Gasteiger partial charge on any atom is 0.326 e. The van der Waals surface area contributed by atoms with Crippen LogP contribution >= 0.6 is 0 Å². The summed E-state index contributed by atoms with van der Waals surface area (Å²) in [6, 6.07) is 9.09. The minimum absolute atomic E-state index is 0.0244. The summed E-state index contributed by atoms with van der Waals surface area (Å²) in [5.74, 6) is -1.66. The second-order valence-electron chi connectivity index (χ2n) is 6.47. The van der Waals surface area contributed by atoms with Gasteiger partial charge in [-0.15, -0.1) is 0 Å². The Morgan fingerprint density at radius 3 is 2.54 bits per heavy atom. The van der Waals surface area contributed by atoms with E-state index < -0.39 is 17.9 Å². The van der Waals surface area contributed by atoms with Crippen LogP contribution in [0.3, 0.4) is 0 Å². The monoisotopic (exact) mass is 332 g/mol. The SMILES string of the molecule is NC(=O)CC[C@H](NC(=O)[C@@H]1CC[C@@H](Cc2ccccc2)C1)C(=O)O. The molecule has 6 heteroatoms. The van der Waals surface area contributed by atoms with Crippen molar-refractivity contribution in [2.75, 3.05) is 0 Å². The van der Waals surface area contributed by atoms with Crippen molar-refractivity contribution >= 4 is 17.8 Å². The van der Waals surface area contributed by atoms with Gasteiger partial charge < -0.3 is 16.2 Å². The number of nitrogens with one attached hydrogen (secondary N) is 1. The summed E-state index contributed by atoms with van der Waals surface area (Å²) in [4.78, 5) is 34.3. The summed E-state index contributed by atoms with van der Waals surface area (Å²) in [7, 11) is 0. The van der Waals surface area contributed by atoms with Crippen LogP contribution in [0.4, 0.5) is 0 Å². The molecule has 0 radical (unpaired) electrons. The summed E-state index contributed by atoms with van der Waals surface area (Å²) in [6.45, 7) is 0. The molecule has 1 saturated carbocycles. The van der Waals surface area contributed by atoms with E-state index in [2.05, 4.69) is 17.4 Å². The zero-order valence-electron chi connectivity index (χ0n) is 13.6. The summed E-state index contributed by atoms with van der Waals surface area (Å²) in [5, 5.41) is 11.7. The fourth-order valence-corrected chi connectivity index (χ4v) is 3.28. The lowest BCUT2D eigenvalue weighted by molar-refractivity contribution is -0.142. The van der Waals surface area contributed by atoms with Gasteiger partial charge in [-0.25, -0.2) is 4.79 Å². The Bertz CT molecular complexity index is 588. The zero-order valence-corrected chi connectivity index (χ0v) is 13.6. The number of rotatable bonds is 8. The van der Waals surface area contributed by atoms with E-state index >= 15 is 0 Å². The van der Waals surface area contributed by atoms with Gasteiger partial charge >= 0.3 is 5.97 Å². The molecule has 2 rings (SSSR count). The number of hydrogen-bond acceptors (Lipinski definition) is 3. The molecule has 0 saturated heterocycles. The lowest BCUT2D eigenvalue weighted by Crippen LogP contribution is -2.43. The highest BCUT2D eigenvalue weighted by molar-refractivity contribution is 5.85. The Morgan fingerprint density at radius 2 is 1.92 bits per heavy atom. The van der Waals surface area contributed by atoms with Gasteiger partial charge in [-0.1, -0.05) is 30.3 Å². The van der Waals surface area contributed by atoms with Crippen LogP contribution in [0.2, 0.25) is 0 Å². The van der Waals surface area contributed by atoms with Gasteiger partial charge in [-0.05, 0) is 43.6 Å². The maximum absolute atomic E-state index is 12.3. The summed E-state index contributed by atoms with van der Waals surface area (Å²) in [6.07, 6.45) is 3.41. The van der Waals surface area contributed by atoms with Gasteiger partial charge in [0.1, 0.15) is 6.04 Å². The Balaban J connectivity index is 1.84. The van der Waals surface area contributed by atoms with E-state index in [-0.39, 0.29) is 24.7 Å². The lowest BCUT2D eigenvalue weighted by Gasteiger charge is -2.17. The smallest absolute Gasteiger partial charge is 0.326 e. The van der Waals surface area contributed by atoms with E-state index in [9.17, 15) is 14.4 Å². The minimum Gasteiger partial charge on any atom is -0.480 e. The molecule has 4 N–H and O–H groups in total. The van der Waals surface area contributed by atoms with Crippen molar-refractivity contribution in [1.82, 2.24) is 5.32 Å². The van der Waals surface area contributed by atoms with Crippen molar-refractivity contribution in [3.63, 3.8) is 0 Å². The maximum atomic E-state index is 12.3. The number of amides is 2. The Labute approximate surface area is 141 Å². The molecule has 6 nitrogen and oxygen atoms in total. The Hall–Kier alpha value is -2.37. The van der Waals surface area contributed by atoms with Crippen LogP contribution in [0.5, 0.6) is 0 Å². The number of carbonyl (C=O) groups excluding carboxylic acids is 2. The predicted molar refractivity (Wildman–Crippen MR) is 89.0 cm³/mol. The van der Waals surface area contributed by atoms with Crippen LogP contribution in [0.15, 0.2) is 30.3 Å². The molecule has 0 unspecified atom stereocenters. The fraction of sp³-hybridized carbons (Fsp3) is 0.500. The number of hydrogen-bond donors (Lipinski definition) is 3. The first-order chi connectivity index (χ1) is 11.5. The predicted octanol–water partition coefficient (Wildman–Crippen LogP) is 1.48. The van der Waals surface area contributed by atoms with E-state index in [1.807, 2.05) is 18.2 Å². The van der Waals surface area contributed by atoms with Crippen molar-refractivity contribution in [2.24, 2.45) is 17.6 Å². The molecular weight excluding hydrogens is 308 g/mol. The number of primary amides is 1. The largest absolute Gasteiger partial charge is 0.480 e. The number of carboxylic acids is 1. The zero-order chi connectivity index (χ0) is 17.5. The van der Waals surface area contributed by atoms with E-state index in [0.29, 0.717) is 5.92 Å². The van der Waals surface area contributed by atoms with E-state index in [4.69, 9.17) is 10.8 Å². The van der Waals surface area contributed by atoms with Gasteiger partial charge in [-0.2, -0.15) is 0 Å². The first kappa shape index (κ1) is 18.0. The molecule has 0 aromatic heterocycles. The molecule has 0 heterocycles. The number of carboxylic acid groups (broad SMARTS) is 1. The van der Waals surface area contributed by atoms with Crippen molar-refractivity contribution < 1.29 is 19.5 Å². The van der Waals surface area contributed by atoms with Gasteiger partial charge in [0.15, 0.2) is 0 Å². The normalized spacial score (nSPS) is 21.2. The molecule has 1 aromatic rings. The summed E-state index contributed by atoms with van der Waals surface area (Å²) >= 11 is 0. The highest BCUT2D eigenvalue weighted by atomic mass is 16.4. The van der Waals surface area contributed by atoms with Crippen LogP contribution < -0.4 is 11.1 Å². The molecule has 0 aliphatic heterocycles. The first-order valence-electron chi connectivity index (χ1n) is 8.31. The van der Waals surface area contributed by atoms with Gasteiger partial charge in [-0.3, -0.25) is 9.59 Å². The van der Waals surface area contributed by atoms with Crippen LogP contribution in [-0.4, -0.2) is 28.9 Å². The van der Waals surface area contributed by atoms with Crippen molar-refractivity contribution in [2.45, 2.75) is 44.6 Å². The fourth-order valence-electron chi connectivity index (χ4n) is 3.28.